The van der Waals surface area contributed by atoms with Crippen LogP contribution in [0.25, 0.3) is 0 Å². The number of piperazine rings is 1. The number of fused-ring (bicyclic) bond motifs is 2. The summed E-state index contributed by atoms with van der Waals surface area (Å²) in [5.74, 6) is -1.22. The minimum atomic E-state index is -1.22. The number of carboxylic acids is 1. The summed E-state index contributed by atoms with van der Waals surface area (Å²) in [6, 6.07) is -0.301. The normalized spacial score (nSPS) is 22.5. The summed E-state index contributed by atoms with van der Waals surface area (Å²) in [6.45, 7) is 6.24. The van der Waals surface area contributed by atoms with Gasteiger partial charge in [0.1, 0.15) is 5.60 Å². The van der Waals surface area contributed by atoms with E-state index >= 15 is 0 Å². The van der Waals surface area contributed by atoms with Crippen LogP contribution in [0.3, 0.4) is 0 Å². The smallest absolute Gasteiger partial charge is 0.658 e. The number of nitrogens with zero attached hydrogens (tertiary/aromatic N) is 2. The van der Waals surface area contributed by atoms with E-state index in [9.17, 15) is 14.7 Å². The van der Waals surface area contributed by atoms with Crippen LogP contribution in [0.15, 0.2) is 5.57 Å². The molecular weight excluding hydrogens is 818 g/mol. The second kappa shape index (κ2) is 12.9. The van der Waals surface area contributed by atoms with E-state index in [1.54, 1.807) is 4.90 Å². The van der Waals surface area contributed by atoms with Gasteiger partial charge in [-0.3, -0.25) is 11.0 Å². The third-order valence-electron chi connectivity index (χ3n) is 3.63. The molecule has 1 radical (unpaired) electrons. The van der Waals surface area contributed by atoms with Gasteiger partial charge >= 0.3 is 64.3 Å². The molecule has 2 heterocycles. The number of ether oxygens (including phenoxy) is 1. The van der Waals surface area contributed by atoms with Crippen molar-refractivity contribution in [3.63, 3.8) is 0 Å². The molecule has 0 saturated carbocycles. The molecule has 1 amide bonds. The first kappa shape index (κ1) is 31.3. The Balaban J connectivity index is -0.00000110. The molecule has 2 bridgehead atoms. The average molecular weight is 839 g/mol. The zero-order chi connectivity index (χ0) is 15.1. The van der Waals surface area contributed by atoms with Crippen LogP contribution in [-0.4, -0.2) is 59.7 Å². The van der Waals surface area contributed by atoms with Gasteiger partial charge < -0.3 is 19.5 Å². The van der Waals surface area contributed by atoms with Crippen molar-refractivity contribution in [2.75, 3.05) is 20.1 Å². The van der Waals surface area contributed by atoms with Gasteiger partial charge in [0.15, 0.2) is 0 Å². The number of carboxylic acid groups (broad SMARTS) is 1. The van der Waals surface area contributed by atoms with E-state index in [0.29, 0.717) is 13.0 Å². The molecule has 0 aromatic heterocycles. The number of hydrogen-bond donors (Lipinski definition) is 0. The molecule has 2 rings (SSSR count). The van der Waals surface area contributed by atoms with Crippen molar-refractivity contribution in [1.82, 2.24) is 9.80 Å². The molecule has 2 unspecified atom stereocenters. The molecule has 2 atom stereocenters. The van der Waals surface area contributed by atoms with Gasteiger partial charge in [0.25, 0.3) is 0 Å². The Kier molecular flexibility index (Phi) is 16.8. The number of carbonyl (C=O) groups is 2. The van der Waals surface area contributed by atoms with Crippen molar-refractivity contribution in [3.8, 4) is 0 Å². The molecule has 2 aliphatic rings. The van der Waals surface area contributed by atoms with E-state index in [0.717, 1.165) is 0 Å². The van der Waals surface area contributed by atoms with Crippen molar-refractivity contribution in [2.24, 2.45) is 0 Å². The molecule has 0 spiro atoms. The van der Waals surface area contributed by atoms with Crippen LogP contribution < -0.4 is 63.3 Å². The number of aliphatic carboxylic acids is 1. The van der Waals surface area contributed by atoms with Gasteiger partial charge in [-0.05, 0) is 27.8 Å². The van der Waals surface area contributed by atoms with Gasteiger partial charge in [0.05, 0.1) is 0 Å². The zero-order valence-electron chi connectivity index (χ0n) is 14.7. The second-order valence-electron chi connectivity index (χ2n) is 6.30. The number of hydrogen-bond acceptors (Lipinski definition) is 5. The summed E-state index contributed by atoms with van der Waals surface area (Å²) in [5.41, 5.74) is -0.425. The molecule has 1 saturated heterocycles. The summed E-state index contributed by atoms with van der Waals surface area (Å²) < 4.78 is 5.35. The Morgan fingerprint density at radius 3 is 2.29 bits per heavy atom. The van der Waals surface area contributed by atoms with E-state index in [2.05, 4.69) is 6.08 Å². The molecule has 2 aliphatic heterocycles. The summed E-state index contributed by atoms with van der Waals surface area (Å²) >= 11 is 0. The fraction of sp³-hybridized carbons (Fsp3) is 0.714. The van der Waals surface area contributed by atoms with Crippen LogP contribution in [0.2, 0.25) is 0 Å². The van der Waals surface area contributed by atoms with E-state index in [4.69, 9.17) is 4.74 Å². The molecule has 10 heteroatoms. The van der Waals surface area contributed by atoms with E-state index in [-0.39, 0.29) is 153 Å². The monoisotopic (exact) mass is 838 g/mol. The Labute approximate surface area is 242 Å². The molecule has 0 N–H and O–H groups in total. The number of carbonyl (C=O) groups excluding carboxylic acids is 2. The Morgan fingerprint density at radius 1 is 1.29 bits per heavy atom. The quantitative estimate of drug-likeness (QED) is 0.261. The van der Waals surface area contributed by atoms with Crippen molar-refractivity contribution < 1.29 is 148 Å². The van der Waals surface area contributed by atoms with Crippen molar-refractivity contribution >= 4 is 12.1 Å². The maximum absolute atomic E-state index is 12.1. The first-order chi connectivity index (χ1) is 9.19. The van der Waals surface area contributed by atoms with Gasteiger partial charge in [-0.25, -0.2) is 4.79 Å². The first-order valence-electron chi connectivity index (χ1n) is 6.71. The van der Waals surface area contributed by atoms with Crippen LogP contribution in [0, 0.1) is 37.2 Å². The van der Waals surface area contributed by atoms with Gasteiger partial charge in [0.2, 0.25) is 0 Å². The minimum absolute atomic E-state index is 0. The van der Waals surface area contributed by atoms with Crippen molar-refractivity contribution in [1.29, 1.82) is 0 Å². The topological polar surface area (TPSA) is 72.9 Å². The molecule has 1 fully saturated rings. The Morgan fingerprint density at radius 2 is 1.83 bits per heavy atom. The average Bonchev–Trinajstić information content (AvgIpc) is 2.25. The maximum Gasteiger partial charge on any atom is 1.00 e. The molecule has 0 aromatic carbocycles. The van der Waals surface area contributed by atoms with Gasteiger partial charge in [-0.15, -0.1) is 5.97 Å². The van der Waals surface area contributed by atoms with Crippen LogP contribution in [0.1, 0.15) is 27.2 Å². The summed E-state index contributed by atoms with van der Waals surface area (Å²) in [5, 5.41) is 11.1. The summed E-state index contributed by atoms with van der Waals surface area (Å²) in [4.78, 5) is 26.8. The van der Waals surface area contributed by atoms with Gasteiger partial charge in [-0.1, -0.05) is 6.42 Å². The van der Waals surface area contributed by atoms with Crippen molar-refractivity contribution in [2.45, 2.75) is 44.9 Å². The van der Waals surface area contributed by atoms with Crippen LogP contribution >= 0.6 is 0 Å². The number of likely N-dealkylation sites (N-methyl/N-ethyl adjacent to an activating group) is 1. The van der Waals surface area contributed by atoms with Crippen molar-refractivity contribution in [3.05, 3.63) is 11.6 Å². The van der Waals surface area contributed by atoms with E-state index < -0.39 is 17.7 Å². The number of rotatable bonds is 1. The fourth-order valence-corrected chi connectivity index (χ4v) is 2.58. The molecule has 0 aliphatic carbocycles. The third kappa shape index (κ3) is 8.29. The van der Waals surface area contributed by atoms with E-state index in [1.807, 2.05) is 32.7 Å². The molecule has 127 valence electrons. The second-order valence-corrected chi connectivity index (χ2v) is 6.30. The molecule has 24 heavy (non-hydrogen) atoms. The zero-order valence-corrected chi connectivity index (χ0v) is 28.1. The van der Waals surface area contributed by atoms with Gasteiger partial charge in [-0.2, -0.15) is 5.57 Å². The minimum Gasteiger partial charge on any atom is -0.658 e. The predicted molar refractivity (Wildman–Crippen MR) is 69.5 cm³/mol. The predicted octanol–water partition coefficient (Wildman–Crippen LogP) is -3.21. The standard InChI is InChI=1S/C14H21N2O4.Rb.U.V.W/c1-14(2,3)20-13(19)16-7-9-5-6-10(12(17)18)11(8-16)15(9)4;;;;/h9,11H,5,7-8H2,1-4H3,(H,17,18);;;;/q-1;+1;;;/p-1. The largest absolute Gasteiger partial charge is 1.00 e. The van der Waals surface area contributed by atoms with E-state index in [1.165, 1.54) is 0 Å². The Bertz CT molecular complexity index is 476. The fourth-order valence-electron chi connectivity index (χ4n) is 2.58. The molecule has 6 nitrogen and oxygen atoms in total. The third-order valence-corrected chi connectivity index (χ3v) is 3.63. The SMILES string of the molecule is CN1C2C[C-]=C(C(=O)[O-])C1CN(C(=O)OC(C)(C)C)C2.[Rb+].[U].[V].[W]. The molecule has 0 aromatic rings. The summed E-state index contributed by atoms with van der Waals surface area (Å²) in [7, 11) is 1.87. The van der Waals surface area contributed by atoms with Crippen LogP contribution in [0.5, 0.6) is 0 Å². The maximum atomic E-state index is 12.1. The van der Waals surface area contributed by atoms with Crippen LogP contribution in [0.4, 0.5) is 4.79 Å². The molecular formula is C14H20N2O4RbUVW-. The first-order valence-corrected chi connectivity index (χ1v) is 6.71. The van der Waals surface area contributed by atoms with Gasteiger partial charge in [0, 0.05) is 95.9 Å². The number of amides is 1. The Hall–Kier alpha value is 2.57. The van der Waals surface area contributed by atoms with Crippen LogP contribution in [-0.2, 0) is 49.2 Å². The summed E-state index contributed by atoms with van der Waals surface area (Å²) in [6.07, 6.45) is 2.97.